The molecule has 0 spiro atoms. The second-order valence-corrected chi connectivity index (χ2v) is 6.59. The van der Waals surface area contributed by atoms with Crippen LogP contribution in [-0.2, 0) is 6.54 Å². The third-order valence-corrected chi connectivity index (χ3v) is 4.43. The summed E-state index contributed by atoms with van der Waals surface area (Å²) in [6.45, 7) is 6.14. The highest BCUT2D eigenvalue weighted by Gasteiger charge is 2.13. The molecule has 0 amide bonds. The average Bonchev–Trinajstić information content (AvgIpc) is 2.46. The highest BCUT2D eigenvalue weighted by atomic mass is 79.9. The molecule has 0 bridgehead atoms. The Morgan fingerprint density at radius 1 is 1.19 bits per heavy atom. The van der Waals surface area contributed by atoms with E-state index in [4.69, 9.17) is 15.2 Å². The van der Waals surface area contributed by atoms with Crippen molar-refractivity contribution in [1.29, 1.82) is 0 Å². The quantitative estimate of drug-likeness (QED) is 0.774. The van der Waals surface area contributed by atoms with Gasteiger partial charge in [0.15, 0.2) is 11.5 Å². The van der Waals surface area contributed by atoms with Crippen LogP contribution in [0.25, 0.3) is 0 Å². The number of methoxy groups -OCH3 is 2. The zero-order valence-corrected chi connectivity index (χ0v) is 15.2. The number of nitrogens with zero attached hydrogens (tertiary/aromatic N) is 1. The van der Waals surface area contributed by atoms with Gasteiger partial charge in [0.1, 0.15) is 0 Å². The lowest BCUT2D eigenvalue weighted by Crippen LogP contribution is -2.31. The van der Waals surface area contributed by atoms with Gasteiger partial charge in [-0.1, -0.05) is 29.8 Å². The van der Waals surface area contributed by atoms with Crippen LogP contribution < -0.4 is 15.2 Å². The molecule has 0 aliphatic carbocycles. The van der Waals surface area contributed by atoms with E-state index >= 15 is 0 Å². The van der Waals surface area contributed by atoms with Crippen molar-refractivity contribution < 1.29 is 9.47 Å². The van der Waals surface area contributed by atoms with Gasteiger partial charge in [0.2, 0.25) is 0 Å². The fourth-order valence-corrected chi connectivity index (χ4v) is 2.54. The molecule has 0 radical (unpaired) electrons. The molecular weight excluding hydrogens is 332 g/mol. The monoisotopic (exact) mass is 358 g/mol. The van der Waals surface area contributed by atoms with Crippen molar-refractivity contribution in [1.82, 2.24) is 4.90 Å². The van der Waals surface area contributed by atoms with Crippen LogP contribution in [0.2, 0.25) is 0 Å². The Morgan fingerprint density at radius 2 is 1.76 bits per heavy atom. The third-order valence-electron chi connectivity index (χ3n) is 3.69. The molecule has 0 fully saturated rings. The maximum atomic E-state index is 6.10. The minimum atomic E-state index is 0.251. The first-order valence-corrected chi connectivity index (χ1v) is 8.02. The summed E-state index contributed by atoms with van der Waals surface area (Å²) in [5.74, 6) is 2.01. The van der Waals surface area contributed by atoms with Crippen LogP contribution in [-0.4, -0.2) is 38.8 Å². The zero-order valence-electron chi connectivity index (χ0n) is 13.6. The zero-order chi connectivity index (χ0) is 16.0. The number of hydrogen-bond donors (Lipinski definition) is 1. The fraction of sp³-hybridized carbons (Fsp3) is 0.625. The van der Waals surface area contributed by atoms with E-state index in [-0.39, 0.29) is 6.04 Å². The minimum Gasteiger partial charge on any atom is -0.493 e. The summed E-state index contributed by atoms with van der Waals surface area (Å²) in [6, 6.07) is 4.21. The van der Waals surface area contributed by atoms with Crippen molar-refractivity contribution in [2.75, 3.05) is 27.8 Å². The average molecular weight is 359 g/mol. The van der Waals surface area contributed by atoms with Crippen LogP contribution in [0, 0.1) is 5.92 Å². The first-order chi connectivity index (χ1) is 9.88. The standard InChI is InChI=1S/C16H27BrN2O2/c1-11(2)14(18)6-7-19(3)10-12-8-15(20-4)16(21-5)9-13(12)17/h8-9,11,14H,6-7,10,18H2,1-5H3. The van der Waals surface area contributed by atoms with Crippen LogP contribution in [0.3, 0.4) is 0 Å². The van der Waals surface area contributed by atoms with E-state index in [2.05, 4.69) is 41.7 Å². The highest BCUT2D eigenvalue weighted by Crippen LogP contribution is 2.33. The molecule has 0 saturated carbocycles. The van der Waals surface area contributed by atoms with Crippen LogP contribution in [0.15, 0.2) is 16.6 Å². The summed E-state index contributed by atoms with van der Waals surface area (Å²) >= 11 is 3.60. The van der Waals surface area contributed by atoms with Gasteiger partial charge in [0, 0.05) is 17.1 Å². The third kappa shape index (κ3) is 5.49. The number of ether oxygens (including phenoxy) is 2. The van der Waals surface area contributed by atoms with Gasteiger partial charge in [-0.2, -0.15) is 0 Å². The number of hydrogen-bond acceptors (Lipinski definition) is 4. The van der Waals surface area contributed by atoms with E-state index in [0.717, 1.165) is 35.5 Å². The Bertz CT molecular complexity index is 452. The van der Waals surface area contributed by atoms with Gasteiger partial charge < -0.3 is 20.1 Å². The Hall–Kier alpha value is -0.780. The molecule has 120 valence electrons. The number of halogens is 1. The molecule has 2 N–H and O–H groups in total. The first-order valence-electron chi connectivity index (χ1n) is 7.23. The van der Waals surface area contributed by atoms with Crippen molar-refractivity contribution in [3.05, 3.63) is 22.2 Å². The van der Waals surface area contributed by atoms with E-state index in [1.165, 1.54) is 5.56 Å². The second-order valence-electron chi connectivity index (χ2n) is 5.73. The molecule has 21 heavy (non-hydrogen) atoms. The Balaban J connectivity index is 2.69. The Labute approximate surface area is 136 Å². The highest BCUT2D eigenvalue weighted by molar-refractivity contribution is 9.10. The topological polar surface area (TPSA) is 47.7 Å². The number of nitrogens with two attached hydrogens (primary N) is 1. The van der Waals surface area contributed by atoms with Crippen LogP contribution in [0.1, 0.15) is 25.8 Å². The van der Waals surface area contributed by atoms with Gasteiger partial charge in [-0.25, -0.2) is 0 Å². The predicted octanol–water partition coefficient (Wildman–Crippen LogP) is 3.27. The number of rotatable bonds is 8. The van der Waals surface area contributed by atoms with Gasteiger partial charge in [0.25, 0.3) is 0 Å². The largest absolute Gasteiger partial charge is 0.493 e. The minimum absolute atomic E-state index is 0.251. The summed E-state index contributed by atoms with van der Waals surface area (Å²) in [5.41, 5.74) is 7.27. The van der Waals surface area contributed by atoms with Gasteiger partial charge in [0.05, 0.1) is 14.2 Å². The van der Waals surface area contributed by atoms with Crippen molar-refractivity contribution in [3.8, 4) is 11.5 Å². The normalized spacial score (nSPS) is 12.8. The maximum absolute atomic E-state index is 6.10. The second kappa shape index (κ2) is 8.61. The summed E-state index contributed by atoms with van der Waals surface area (Å²) in [5, 5.41) is 0. The van der Waals surface area contributed by atoms with Crippen molar-refractivity contribution in [3.63, 3.8) is 0 Å². The lowest BCUT2D eigenvalue weighted by atomic mass is 10.0. The fourth-order valence-electron chi connectivity index (χ4n) is 2.09. The molecule has 0 heterocycles. The van der Waals surface area contributed by atoms with Crippen LogP contribution in [0.5, 0.6) is 11.5 Å². The van der Waals surface area contributed by atoms with Crippen LogP contribution in [0.4, 0.5) is 0 Å². The molecule has 0 aromatic heterocycles. The molecule has 0 saturated heterocycles. The Morgan fingerprint density at radius 3 is 2.29 bits per heavy atom. The lowest BCUT2D eigenvalue weighted by Gasteiger charge is -2.22. The van der Waals surface area contributed by atoms with Gasteiger partial charge >= 0.3 is 0 Å². The van der Waals surface area contributed by atoms with Crippen LogP contribution >= 0.6 is 15.9 Å². The van der Waals surface area contributed by atoms with Gasteiger partial charge in [-0.05, 0) is 43.6 Å². The molecule has 0 aliphatic heterocycles. The molecular formula is C16H27BrN2O2. The van der Waals surface area contributed by atoms with Crippen molar-refractivity contribution in [2.24, 2.45) is 11.7 Å². The van der Waals surface area contributed by atoms with E-state index < -0.39 is 0 Å². The molecule has 1 unspecified atom stereocenters. The number of benzene rings is 1. The van der Waals surface area contributed by atoms with E-state index in [1.54, 1.807) is 14.2 Å². The molecule has 0 aliphatic rings. The van der Waals surface area contributed by atoms with E-state index in [1.807, 2.05) is 12.1 Å². The molecule has 1 aromatic rings. The molecule has 1 rings (SSSR count). The maximum Gasteiger partial charge on any atom is 0.161 e. The molecule has 4 nitrogen and oxygen atoms in total. The van der Waals surface area contributed by atoms with Crippen molar-refractivity contribution in [2.45, 2.75) is 32.9 Å². The summed E-state index contributed by atoms with van der Waals surface area (Å²) in [6.07, 6.45) is 0.999. The van der Waals surface area contributed by atoms with E-state index in [9.17, 15) is 0 Å². The summed E-state index contributed by atoms with van der Waals surface area (Å²) < 4.78 is 11.7. The van der Waals surface area contributed by atoms with Gasteiger partial charge in [-0.3, -0.25) is 0 Å². The smallest absolute Gasteiger partial charge is 0.161 e. The predicted molar refractivity (Wildman–Crippen MR) is 91.0 cm³/mol. The summed E-state index contributed by atoms with van der Waals surface area (Å²) in [4.78, 5) is 2.27. The molecule has 1 aromatic carbocycles. The first kappa shape index (κ1) is 18.3. The summed E-state index contributed by atoms with van der Waals surface area (Å²) in [7, 11) is 5.40. The van der Waals surface area contributed by atoms with Crippen molar-refractivity contribution >= 4 is 15.9 Å². The Kier molecular flexibility index (Phi) is 7.49. The SMILES string of the molecule is COc1cc(Br)c(CN(C)CCC(N)C(C)C)cc1OC. The molecule has 1 atom stereocenters. The molecule has 5 heteroatoms. The lowest BCUT2D eigenvalue weighted by molar-refractivity contribution is 0.294. The van der Waals surface area contributed by atoms with Gasteiger partial charge in [-0.15, -0.1) is 0 Å². The van der Waals surface area contributed by atoms with E-state index in [0.29, 0.717) is 5.92 Å².